The lowest BCUT2D eigenvalue weighted by Gasteiger charge is -2.02. The molecule has 0 heterocycles. The normalized spacial score (nSPS) is 9.83. The minimum atomic E-state index is 0.875. The third-order valence-corrected chi connectivity index (χ3v) is 1.67. The van der Waals surface area contributed by atoms with Crippen molar-refractivity contribution in [3.8, 4) is 5.75 Å². The van der Waals surface area contributed by atoms with Crippen LogP contribution < -0.4 is 10.1 Å². The third-order valence-electron chi connectivity index (χ3n) is 1.67. The molecule has 0 aliphatic heterocycles. The zero-order valence-corrected chi connectivity index (χ0v) is 7.50. The predicted molar refractivity (Wildman–Crippen MR) is 49.8 cm³/mol. The number of hydrogen-bond donors (Lipinski definition) is 1. The second-order valence-electron chi connectivity index (χ2n) is 2.52. The molecule has 0 aliphatic carbocycles. The van der Waals surface area contributed by atoms with Crippen molar-refractivity contribution in [3.05, 3.63) is 36.4 Å². The van der Waals surface area contributed by atoms with Crippen LogP contribution in [0.1, 0.15) is 12.5 Å². The summed E-state index contributed by atoms with van der Waals surface area (Å²) in [4.78, 5) is 0. The minimum absolute atomic E-state index is 0.875. The van der Waals surface area contributed by atoms with Gasteiger partial charge in [-0.1, -0.05) is 12.1 Å². The Balaban J connectivity index is 2.53. The average molecular weight is 164 g/mol. The van der Waals surface area contributed by atoms with Gasteiger partial charge < -0.3 is 10.1 Å². The van der Waals surface area contributed by atoms with E-state index in [1.807, 2.05) is 25.6 Å². The Bertz CT molecular complexity index is 218. The maximum absolute atomic E-state index is 5.05. The second kappa shape index (κ2) is 4.78. The van der Waals surface area contributed by atoms with Gasteiger partial charge in [0.2, 0.25) is 0 Å². The summed E-state index contributed by atoms with van der Waals surface area (Å²) in [5.74, 6) is 0.902. The van der Waals surface area contributed by atoms with Crippen LogP contribution in [0.15, 0.2) is 24.3 Å². The van der Waals surface area contributed by atoms with E-state index in [0.29, 0.717) is 0 Å². The van der Waals surface area contributed by atoms with Gasteiger partial charge in [-0.25, -0.2) is 0 Å². The van der Waals surface area contributed by atoms with Gasteiger partial charge in [-0.2, -0.15) is 0 Å². The van der Waals surface area contributed by atoms with E-state index in [2.05, 4.69) is 17.4 Å². The standard InChI is InChI=1S/C10H14NO/c1-3-11-8-9-4-6-10(12-2)7-5-9/h3-7,11H,8H2,1-2H3. The van der Waals surface area contributed by atoms with Crippen LogP contribution in [0.4, 0.5) is 0 Å². The van der Waals surface area contributed by atoms with Gasteiger partial charge >= 0.3 is 0 Å². The zero-order chi connectivity index (χ0) is 8.81. The van der Waals surface area contributed by atoms with E-state index < -0.39 is 0 Å². The second-order valence-corrected chi connectivity index (χ2v) is 2.52. The summed E-state index contributed by atoms with van der Waals surface area (Å²) >= 11 is 0. The van der Waals surface area contributed by atoms with E-state index in [4.69, 9.17) is 4.74 Å². The summed E-state index contributed by atoms with van der Waals surface area (Å²) in [6, 6.07) is 8.03. The molecule has 0 aliphatic rings. The maximum atomic E-state index is 5.05. The topological polar surface area (TPSA) is 21.3 Å². The van der Waals surface area contributed by atoms with Crippen LogP contribution in [0.3, 0.4) is 0 Å². The Morgan fingerprint density at radius 1 is 1.33 bits per heavy atom. The molecule has 12 heavy (non-hydrogen) atoms. The van der Waals surface area contributed by atoms with Crippen molar-refractivity contribution in [2.45, 2.75) is 13.5 Å². The smallest absolute Gasteiger partial charge is 0.118 e. The lowest BCUT2D eigenvalue weighted by Crippen LogP contribution is -2.06. The molecule has 0 saturated carbocycles. The molecule has 0 amide bonds. The molecule has 0 bridgehead atoms. The van der Waals surface area contributed by atoms with Gasteiger partial charge in [0, 0.05) is 13.1 Å². The number of nitrogens with one attached hydrogen (secondary N) is 1. The summed E-state index contributed by atoms with van der Waals surface area (Å²) in [5, 5.41) is 3.14. The lowest BCUT2D eigenvalue weighted by atomic mass is 10.2. The fourth-order valence-corrected chi connectivity index (χ4v) is 0.963. The van der Waals surface area contributed by atoms with E-state index in [1.54, 1.807) is 7.11 Å². The van der Waals surface area contributed by atoms with Gasteiger partial charge in [-0.3, -0.25) is 0 Å². The molecule has 0 aromatic heterocycles. The maximum Gasteiger partial charge on any atom is 0.118 e. The number of methoxy groups -OCH3 is 1. The first kappa shape index (κ1) is 9.07. The van der Waals surface area contributed by atoms with Crippen molar-refractivity contribution in [2.75, 3.05) is 7.11 Å². The summed E-state index contributed by atoms with van der Waals surface area (Å²) in [6.07, 6.45) is 0. The van der Waals surface area contributed by atoms with Gasteiger partial charge in [0.1, 0.15) is 5.75 Å². The van der Waals surface area contributed by atoms with Crippen LogP contribution in [0.2, 0.25) is 0 Å². The van der Waals surface area contributed by atoms with E-state index in [9.17, 15) is 0 Å². The Morgan fingerprint density at radius 2 is 2.00 bits per heavy atom. The monoisotopic (exact) mass is 164 g/mol. The highest BCUT2D eigenvalue weighted by Crippen LogP contribution is 2.10. The van der Waals surface area contributed by atoms with Crippen molar-refractivity contribution >= 4 is 0 Å². The first-order valence-electron chi connectivity index (χ1n) is 4.01. The molecule has 2 heteroatoms. The fraction of sp³-hybridized carbons (Fsp3) is 0.300. The number of ether oxygens (including phenoxy) is 1. The first-order valence-corrected chi connectivity index (χ1v) is 4.01. The molecule has 0 spiro atoms. The van der Waals surface area contributed by atoms with Gasteiger partial charge in [-0.05, 0) is 24.6 Å². The average Bonchev–Trinajstić information content (AvgIpc) is 2.15. The first-order chi connectivity index (χ1) is 5.86. The van der Waals surface area contributed by atoms with E-state index >= 15 is 0 Å². The fourth-order valence-electron chi connectivity index (χ4n) is 0.963. The Morgan fingerprint density at radius 3 is 2.50 bits per heavy atom. The minimum Gasteiger partial charge on any atom is -0.497 e. The van der Waals surface area contributed by atoms with Crippen LogP contribution in [-0.4, -0.2) is 7.11 Å². The largest absolute Gasteiger partial charge is 0.497 e. The SMILES string of the molecule is C[CH]NCc1ccc(OC)cc1. The summed E-state index contributed by atoms with van der Waals surface area (Å²) in [7, 11) is 1.67. The third kappa shape index (κ3) is 2.55. The Hall–Kier alpha value is -1.02. The number of hydrogen-bond acceptors (Lipinski definition) is 2. The molecule has 2 nitrogen and oxygen atoms in total. The van der Waals surface area contributed by atoms with Crippen molar-refractivity contribution in [2.24, 2.45) is 0 Å². The van der Waals surface area contributed by atoms with Crippen LogP contribution in [0.25, 0.3) is 0 Å². The van der Waals surface area contributed by atoms with Crippen molar-refractivity contribution in [1.82, 2.24) is 5.32 Å². The highest BCUT2D eigenvalue weighted by molar-refractivity contribution is 5.26. The van der Waals surface area contributed by atoms with Crippen LogP contribution in [0.5, 0.6) is 5.75 Å². The molecule has 65 valence electrons. The number of rotatable bonds is 4. The molecule has 0 atom stereocenters. The highest BCUT2D eigenvalue weighted by atomic mass is 16.5. The molecule has 1 radical (unpaired) electrons. The van der Waals surface area contributed by atoms with Crippen LogP contribution >= 0.6 is 0 Å². The van der Waals surface area contributed by atoms with Crippen molar-refractivity contribution in [3.63, 3.8) is 0 Å². The predicted octanol–water partition coefficient (Wildman–Crippen LogP) is 1.97. The van der Waals surface area contributed by atoms with Crippen LogP contribution in [0, 0.1) is 6.54 Å². The van der Waals surface area contributed by atoms with Gasteiger partial charge in [0.05, 0.1) is 7.11 Å². The van der Waals surface area contributed by atoms with Gasteiger partial charge in [0.25, 0.3) is 0 Å². The molecular formula is C10H14NO. The van der Waals surface area contributed by atoms with Crippen LogP contribution in [-0.2, 0) is 6.54 Å². The summed E-state index contributed by atoms with van der Waals surface area (Å²) in [6.45, 7) is 4.79. The van der Waals surface area contributed by atoms with Gasteiger partial charge in [-0.15, -0.1) is 0 Å². The molecule has 0 saturated heterocycles. The molecule has 1 aromatic carbocycles. The molecular weight excluding hydrogens is 150 g/mol. The quantitative estimate of drug-likeness (QED) is 0.734. The van der Waals surface area contributed by atoms with E-state index in [-0.39, 0.29) is 0 Å². The van der Waals surface area contributed by atoms with Crippen molar-refractivity contribution < 1.29 is 4.74 Å². The summed E-state index contributed by atoms with van der Waals surface area (Å²) in [5.41, 5.74) is 1.26. The molecule has 0 fully saturated rings. The lowest BCUT2D eigenvalue weighted by molar-refractivity contribution is 0.414. The zero-order valence-electron chi connectivity index (χ0n) is 7.50. The van der Waals surface area contributed by atoms with Crippen molar-refractivity contribution in [1.29, 1.82) is 0 Å². The molecule has 1 rings (SSSR count). The Kier molecular flexibility index (Phi) is 3.61. The molecule has 0 unspecified atom stereocenters. The highest BCUT2D eigenvalue weighted by Gasteiger charge is 1.92. The Labute approximate surface area is 73.6 Å². The van der Waals surface area contributed by atoms with E-state index in [0.717, 1.165) is 12.3 Å². The van der Waals surface area contributed by atoms with Gasteiger partial charge in [0.15, 0.2) is 0 Å². The molecule has 1 N–H and O–H groups in total. The van der Waals surface area contributed by atoms with E-state index in [1.165, 1.54) is 5.56 Å². The molecule has 1 aromatic rings. The number of benzene rings is 1. The summed E-state index contributed by atoms with van der Waals surface area (Å²) < 4.78 is 5.05.